The molecule has 0 aliphatic carbocycles. The van der Waals surface area contributed by atoms with Gasteiger partial charge in [0.1, 0.15) is 11.6 Å². The summed E-state index contributed by atoms with van der Waals surface area (Å²) in [4.78, 5) is 11.9. The van der Waals surface area contributed by atoms with Gasteiger partial charge < -0.3 is 5.32 Å². The standard InChI is InChI=1S/C14H8Cl2F2N4OS/c15-7-3-9(16)13-20-21-14(22(13)5-7)24-6-12(23)19-11-4-8(17)1-2-10(11)18/h1-5H,6H2,(H,19,23). The average molecular weight is 389 g/mol. The Bertz CT molecular complexity index is 935. The number of carbonyl (C=O) groups is 1. The molecule has 5 nitrogen and oxygen atoms in total. The molecule has 0 radical (unpaired) electrons. The van der Waals surface area contributed by atoms with Crippen molar-refractivity contribution in [1.82, 2.24) is 14.6 Å². The molecule has 24 heavy (non-hydrogen) atoms. The number of nitrogens with zero attached hydrogens (tertiary/aromatic N) is 3. The molecule has 0 spiro atoms. The largest absolute Gasteiger partial charge is 0.323 e. The van der Waals surface area contributed by atoms with Gasteiger partial charge in [0, 0.05) is 12.3 Å². The van der Waals surface area contributed by atoms with Gasteiger partial charge in [0.2, 0.25) is 5.91 Å². The SMILES string of the molecule is O=C(CSc1nnc2c(Cl)cc(Cl)cn12)Nc1cc(F)ccc1F. The van der Waals surface area contributed by atoms with Crippen LogP contribution in [-0.4, -0.2) is 26.3 Å². The molecule has 3 rings (SSSR count). The van der Waals surface area contributed by atoms with Crippen LogP contribution in [0.1, 0.15) is 0 Å². The molecule has 1 amide bonds. The van der Waals surface area contributed by atoms with Crippen LogP contribution in [0.25, 0.3) is 5.65 Å². The third kappa shape index (κ3) is 3.61. The number of fused-ring (bicyclic) bond motifs is 1. The highest BCUT2D eigenvalue weighted by Crippen LogP contribution is 2.25. The summed E-state index contributed by atoms with van der Waals surface area (Å²) in [7, 11) is 0. The van der Waals surface area contributed by atoms with Crippen LogP contribution >= 0.6 is 35.0 Å². The second kappa shape index (κ2) is 6.92. The highest BCUT2D eigenvalue weighted by Gasteiger charge is 2.13. The molecule has 0 aliphatic rings. The van der Waals surface area contributed by atoms with Crippen molar-refractivity contribution in [3.05, 3.63) is 52.1 Å². The summed E-state index contributed by atoms with van der Waals surface area (Å²) in [6.07, 6.45) is 1.56. The van der Waals surface area contributed by atoms with Crippen molar-refractivity contribution in [1.29, 1.82) is 0 Å². The summed E-state index contributed by atoms with van der Waals surface area (Å²) in [6, 6.07) is 4.34. The van der Waals surface area contributed by atoms with Gasteiger partial charge in [0.15, 0.2) is 10.8 Å². The molecule has 0 unspecified atom stereocenters. The van der Waals surface area contributed by atoms with Crippen molar-refractivity contribution in [3.8, 4) is 0 Å². The molecule has 2 aromatic heterocycles. The number of carbonyl (C=O) groups excluding carboxylic acids is 1. The quantitative estimate of drug-likeness (QED) is 0.685. The normalized spacial score (nSPS) is 11.0. The van der Waals surface area contributed by atoms with E-state index in [1.54, 1.807) is 10.6 Å². The number of amides is 1. The Morgan fingerprint density at radius 1 is 1.25 bits per heavy atom. The van der Waals surface area contributed by atoms with Crippen molar-refractivity contribution in [2.45, 2.75) is 5.16 Å². The number of pyridine rings is 1. The number of anilines is 1. The fraction of sp³-hybridized carbons (Fsp3) is 0.0714. The van der Waals surface area contributed by atoms with Gasteiger partial charge in [-0.3, -0.25) is 9.20 Å². The van der Waals surface area contributed by atoms with Gasteiger partial charge in [-0.15, -0.1) is 10.2 Å². The van der Waals surface area contributed by atoms with E-state index in [9.17, 15) is 13.6 Å². The average Bonchev–Trinajstić information content (AvgIpc) is 2.92. The van der Waals surface area contributed by atoms with Gasteiger partial charge in [-0.2, -0.15) is 0 Å². The number of hydrogen-bond acceptors (Lipinski definition) is 4. The molecule has 10 heteroatoms. The van der Waals surface area contributed by atoms with E-state index in [1.165, 1.54) is 6.07 Å². The molecule has 0 saturated carbocycles. The summed E-state index contributed by atoms with van der Waals surface area (Å²) in [5, 5.41) is 11.2. The Hall–Kier alpha value is -1.90. The molecular formula is C14H8Cl2F2N4OS. The van der Waals surface area contributed by atoms with Crippen molar-refractivity contribution in [3.63, 3.8) is 0 Å². The topological polar surface area (TPSA) is 59.3 Å². The predicted molar refractivity (Wildman–Crippen MR) is 88.7 cm³/mol. The van der Waals surface area contributed by atoms with Crippen LogP contribution in [0, 0.1) is 11.6 Å². The third-order valence-corrected chi connectivity index (χ3v) is 4.36. The van der Waals surface area contributed by atoms with Crippen LogP contribution in [0.5, 0.6) is 0 Å². The highest BCUT2D eigenvalue weighted by atomic mass is 35.5. The van der Waals surface area contributed by atoms with Crippen molar-refractivity contribution < 1.29 is 13.6 Å². The van der Waals surface area contributed by atoms with Gasteiger partial charge in [-0.25, -0.2) is 8.78 Å². The van der Waals surface area contributed by atoms with Crippen LogP contribution in [0.15, 0.2) is 35.6 Å². The number of aromatic nitrogens is 3. The monoisotopic (exact) mass is 388 g/mol. The number of thioether (sulfide) groups is 1. The van der Waals surface area contributed by atoms with Crippen LogP contribution < -0.4 is 5.32 Å². The Labute approximate surface area is 149 Å². The molecule has 3 aromatic rings. The van der Waals surface area contributed by atoms with Crippen molar-refractivity contribution in [2.24, 2.45) is 0 Å². The number of halogens is 4. The van der Waals surface area contributed by atoms with E-state index in [2.05, 4.69) is 15.5 Å². The van der Waals surface area contributed by atoms with Gasteiger partial charge >= 0.3 is 0 Å². The summed E-state index contributed by atoms with van der Waals surface area (Å²) in [5.74, 6) is -1.97. The Morgan fingerprint density at radius 3 is 2.83 bits per heavy atom. The summed E-state index contributed by atoms with van der Waals surface area (Å²) in [5.41, 5.74) is 0.179. The van der Waals surface area contributed by atoms with Crippen LogP contribution in [-0.2, 0) is 4.79 Å². The minimum atomic E-state index is -0.721. The summed E-state index contributed by atoms with van der Waals surface area (Å²) < 4.78 is 28.1. The fourth-order valence-electron chi connectivity index (χ4n) is 1.91. The lowest BCUT2D eigenvalue weighted by Gasteiger charge is -2.06. The zero-order valence-corrected chi connectivity index (χ0v) is 14.1. The molecule has 0 saturated heterocycles. The molecule has 0 aliphatic heterocycles. The van der Waals surface area contributed by atoms with E-state index in [0.717, 1.165) is 30.0 Å². The smallest absolute Gasteiger partial charge is 0.234 e. The molecule has 0 fully saturated rings. The molecule has 124 valence electrons. The minimum Gasteiger partial charge on any atom is -0.323 e. The maximum atomic E-state index is 13.5. The first kappa shape index (κ1) is 16.9. The van der Waals surface area contributed by atoms with Gasteiger partial charge in [0.05, 0.1) is 21.5 Å². The molecule has 1 N–H and O–H groups in total. The Morgan fingerprint density at radius 2 is 2.04 bits per heavy atom. The Balaban J connectivity index is 1.72. The van der Waals surface area contributed by atoms with E-state index in [1.807, 2.05) is 0 Å². The van der Waals surface area contributed by atoms with E-state index < -0.39 is 17.5 Å². The highest BCUT2D eigenvalue weighted by molar-refractivity contribution is 7.99. The first-order valence-corrected chi connectivity index (χ1v) is 8.25. The van der Waals surface area contributed by atoms with Crippen LogP contribution in [0.4, 0.5) is 14.5 Å². The van der Waals surface area contributed by atoms with Gasteiger partial charge in [0.25, 0.3) is 0 Å². The first-order valence-electron chi connectivity index (χ1n) is 6.51. The molecular weight excluding hydrogens is 381 g/mol. The third-order valence-electron chi connectivity index (χ3n) is 2.93. The number of nitrogens with one attached hydrogen (secondary N) is 1. The van der Waals surface area contributed by atoms with Gasteiger partial charge in [-0.1, -0.05) is 35.0 Å². The first-order chi connectivity index (χ1) is 11.4. The molecule has 0 atom stereocenters. The van der Waals surface area contributed by atoms with Crippen LogP contribution in [0.2, 0.25) is 10.0 Å². The zero-order valence-electron chi connectivity index (χ0n) is 11.8. The second-order valence-corrected chi connectivity index (χ2v) is 6.43. The maximum Gasteiger partial charge on any atom is 0.234 e. The van der Waals surface area contributed by atoms with E-state index >= 15 is 0 Å². The number of benzene rings is 1. The van der Waals surface area contributed by atoms with Crippen molar-refractivity contribution >= 4 is 52.2 Å². The van der Waals surface area contributed by atoms with E-state index in [4.69, 9.17) is 23.2 Å². The predicted octanol–water partition coefficient (Wildman–Crippen LogP) is 4.05. The molecule has 1 aromatic carbocycles. The van der Waals surface area contributed by atoms with E-state index in [0.29, 0.717) is 20.8 Å². The summed E-state index contributed by atoms with van der Waals surface area (Å²) in [6.45, 7) is 0. The van der Waals surface area contributed by atoms with Crippen molar-refractivity contribution in [2.75, 3.05) is 11.1 Å². The minimum absolute atomic E-state index is 0.0825. The number of rotatable bonds is 4. The molecule has 0 bridgehead atoms. The Kier molecular flexibility index (Phi) is 4.88. The van der Waals surface area contributed by atoms with E-state index in [-0.39, 0.29) is 11.4 Å². The summed E-state index contributed by atoms with van der Waals surface area (Å²) >= 11 is 13.0. The lowest BCUT2D eigenvalue weighted by Crippen LogP contribution is -2.15. The lowest BCUT2D eigenvalue weighted by molar-refractivity contribution is -0.113. The van der Waals surface area contributed by atoms with Gasteiger partial charge in [-0.05, 0) is 18.2 Å². The number of hydrogen-bond donors (Lipinski definition) is 1. The van der Waals surface area contributed by atoms with Crippen LogP contribution in [0.3, 0.4) is 0 Å². The fourth-order valence-corrected chi connectivity index (χ4v) is 3.13. The molecule has 2 heterocycles. The maximum absolute atomic E-state index is 13.5. The zero-order chi connectivity index (χ0) is 17.3. The second-order valence-electron chi connectivity index (χ2n) is 4.64. The lowest BCUT2D eigenvalue weighted by atomic mass is 10.3.